The maximum atomic E-state index is 11.8. The topological polar surface area (TPSA) is 137 Å². The molecule has 0 radical (unpaired) electrons. The van der Waals surface area contributed by atoms with Crippen LogP contribution in [0.2, 0.25) is 0 Å². The monoisotopic (exact) mass is 255 g/mol. The molecule has 2 atom stereocenters. The van der Waals surface area contributed by atoms with Gasteiger partial charge in [0.05, 0.1) is 12.1 Å². The van der Waals surface area contributed by atoms with Gasteiger partial charge in [-0.1, -0.05) is 0 Å². The summed E-state index contributed by atoms with van der Waals surface area (Å²) in [6, 6.07) is -1.10. The molecule has 1 aliphatic rings. The van der Waals surface area contributed by atoms with Gasteiger partial charge in [-0.05, 0) is 32.2 Å². The van der Waals surface area contributed by atoms with Gasteiger partial charge < -0.3 is 22.5 Å². The van der Waals surface area contributed by atoms with E-state index in [1.807, 2.05) is 0 Å². The van der Waals surface area contributed by atoms with Crippen molar-refractivity contribution in [2.24, 2.45) is 22.2 Å². The standard InChI is InChI=1S/C11H21N5O2/c12-7(3-1-6-16-11(13)14)9(17)10(18)8-4-2-5-15-8/h7-8,15H,1-6,12H2,(H4,13,14,16)/t7-,8-/m0/s1. The Balaban J connectivity index is 2.31. The number of nitrogens with zero attached hydrogens (tertiary/aromatic N) is 1. The Morgan fingerprint density at radius 2 is 2.11 bits per heavy atom. The van der Waals surface area contributed by atoms with Crippen molar-refractivity contribution in [3.63, 3.8) is 0 Å². The third kappa shape index (κ3) is 4.42. The summed E-state index contributed by atoms with van der Waals surface area (Å²) in [6.07, 6.45) is 2.62. The Hall–Kier alpha value is -1.47. The number of carbonyl (C=O) groups is 2. The first kappa shape index (κ1) is 14.6. The van der Waals surface area contributed by atoms with E-state index < -0.39 is 17.6 Å². The van der Waals surface area contributed by atoms with Crippen LogP contribution in [0.4, 0.5) is 0 Å². The summed E-state index contributed by atoms with van der Waals surface area (Å²) in [5, 5.41) is 2.99. The molecule has 18 heavy (non-hydrogen) atoms. The van der Waals surface area contributed by atoms with E-state index in [0.717, 1.165) is 13.0 Å². The van der Waals surface area contributed by atoms with Crippen LogP contribution in [-0.2, 0) is 9.59 Å². The molecule has 0 amide bonds. The number of hydrogen-bond acceptors (Lipinski definition) is 5. The maximum absolute atomic E-state index is 11.8. The number of Topliss-reactive ketones (excluding diaryl/α,β-unsaturated/α-hetero) is 2. The smallest absolute Gasteiger partial charge is 0.216 e. The van der Waals surface area contributed by atoms with E-state index in [1.165, 1.54) is 0 Å². The zero-order chi connectivity index (χ0) is 13.5. The highest BCUT2D eigenvalue weighted by atomic mass is 16.2. The van der Waals surface area contributed by atoms with Crippen LogP contribution in [-0.4, -0.2) is 42.7 Å². The van der Waals surface area contributed by atoms with Crippen LogP contribution in [0.25, 0.3) is 0 Å². The van der Waals surface area contributed by atoms with Gasteiger partial charge in [0.1, 0.15) is 0 Å². The van der Waals surface area contributed by atoms with E-state index >= 15 is 0 Å². The van der Waals surface area contributed by atoms with Crippen LogP contribution in [0.15, 0.2) is 4.99 Å². The van der Waals surface area contributed by atoms with Crippen molar-refractivity contribution in [2.45, 2.75) is 37.8 Å². The van der Waals surface area contributed by atoms with Crippen molar-refractivity contribution in [3.05, 3.63) is 0 Å². The normalized spacial score (nSPS) is 20.4. The van der Waals surface area contributed by atoms with Gasteiger partial charge in [0.2, 0.25) is 11.6 Å². The predicted molar refractivity (Wildman–Crippen MR) is 68.9 cm³/mol. The highest BCUT2D eigenvalue weighted by molar-refractivity contribution is 6.41. The summed E-state index contributed by atoms with van der Waals surface area (Å²) in [5.41, 5.74) is 16.0. The molecule has 0 aromatic carbocycles. The number of aliphatic imine (C=N–C) groups is 1. The van der Waals surface area contributed by atoms with Crippen LogP contribution >= 0.6 is 0 Å². The van der Waals surface area contributed by atoms with Gasteiger partial charge in [0.25, 0.3) is 0 Å². The molecular weight excluding hydrogens is 234 g/mol. The Morgan fingerprint density at radius 3 is 2.67 bits per heavy atom. The minimum Gasteiger partial charge on any atom is -0.370 e. The largest absolute Gasteiger partial charge is 0.370 e. The van der Waals surface area contributed by atoms with Gasteiger partial charge in [-0.15, -0.1) is 0 Å². The van der Waals surface area contributed by atoms with Crippen molar-refractivity contribution in [1.29, 1.82) is 0 Å². The fourth-order valence-electron chi connectivity index (χ4n) is 1.91. The lowest BCUT2D eigenvalue weighted by Gasteiger charge is -2.12. The molecule has 7 nitrogen and oxygen atoms in total. The molecule has 1 saturated heterocycles. The first-order chi connectivity index (χ1) is 8.52. The van der Waals surface area contributed by atoms with Gasteiger partial charge in [-0.2, -0.15) is 0 Å². The molecule has 1 fully saturated rings. The number of rotatable bonds is 7. The van der Waals surface area contributed by atoms with E-state index in [-0.39, 0.29) is 12.0 Å². The zero-order valence-electron chi connectivity index (χ0n) is 10.4. The number of nitrogens with one attached hydrogen (secondary N) is 1. The number of hydrogen-bond donors (Lipinski definition) is 4. The van der Waals surface area contributed by atoms with Crippen LogP contribution in [0.5, 0.6) is 0 Å². The van der Waals surface area contributed by atoms with Crippen LogP contribution in [0, 0.1) is 0 Å². The van der Waals surface area contributed by atoms with Gasteiger partial charge >= 0.3 is 0 Å². The van der Waals surface area contributed by atoms with Gasteiger partial charge in [-0.3, -0.25) is 14.6 Å². The average molecular weight is 255 g/mol. The fraction of sp³-hybridized carbons (Fsp3) is 0.727. The molecule has 7 N–H and O–H groups in total. The van der Waals surface area contributed by atoms with E-state index in [0.29, 0.717) is 25.8 Å². The third-order valence-corrected chi connectivity index (χ3v) is 2.92. The zero-order valence-corrected chi connectivity index (χ0v) is 10.4. The van der Waals surface area contributed by atoms with Crippen molar-refractivity contribution >= 4 is 17.5 Å². The molecule has 102 valence electrons. The molecule has 0 spiro atoms. The molecular formula is C11H21N5O2. The minimum absolute atomic E-state index is 0.0149. The predicted octanol–water partition coefficient (Wildman–Crippen LogP) is -1.74. The molecule has 0 unspecified atom stereocenters. The number of carbonyl (C=O) groups excluding carboxylic acids is 2. The highest BCUT2D eigenvalue weighted by Crippen LogP contribution is 2.08. The second-order valence-electron chi connectivity index (χ2n) is 4.43. The molecule has 0 bridgehead atoms. The number of nitrogens with two attached hydrogens (primary N) is 3. The van der Waals surface area contributed by atoms with E-state index in [4.69, 9.17) is 17.2 Å². The van der Waals surface area contributed by atoms with Gasteiger partial charge in [-0.25, -0.2) is 0 Å². The van der Waals surface area contributed by atoms with Crippen molar-refractivity contribution < 1.29 is 9.59 Å². The third-order valence-electron chi connectivity index (χ3n) is 2.92. The minimum atomic E-state index is -0.755. The quantitative estimate of drug-likeness (QED) is 0.184. The second-order valence-corrected chi connectivity index (χ2v) is 4.43. The summed E-state index contributed by atoms with van der Waals surface area (Å²) >= 11 is 0. The van der Waals surface area contributed by atoms with Crippen LogP contribution in [0.1, 0.15) is 25.7 Å². The van der Waals surface area contributed by atoms with Gasteiger partial charge in [0.15, 0.2) is 5.96 Å². The Morgan fingerprint density at radius 1 is 1.39 bits per heavy atom. The lowest BCUT2D eigenvalue weighted by atomic mass is 9.99. The maximum Gasteiger partial charge on any atom is 0.216 e. The summed E-state index contributed by atoms with van der Waals surface area (Å²) in [6.45, 7) is 1.20. The first-order valence-corrected chi connectivity index (χ1v) is 6.14. The summed E-state index contributed by atoms with van der Waals surface area (Å²) in [7, 11) is 0. The number of ketones is 2. The van der Waals surface area contributed by atoms with Gasteiger partial charge in [0, 0.05) is 6.54 Å². The van der Waals surface area contributed by atoms with E-state index in [1.54, 1.807) is 0 Å². The lowest BCUT2D eigenvalue weighted by molar-refractivity contribution is -0.138. The molecule has 0 saturated carbocycles. The molecule has 1 aliphatic heterocycles. The first-order valence-electron chi connectivity index (χ1n) is 6.14. The molecule has 1 rings (SSSR count). The van der Waals surface area contributed by atoms with E-state index in [2.05, 4.69) is 10.3 Å². The highest BCUT2D eigenvalue weighted by Gasteiger charge is 2.30. The summed E-state index contributed by atoms with van der Waals surface area (Å²) in [4.78, 5) is 27.3. The molecule has 0 aromatic heterocycles. The molecule has 0 aromatic rings. The van der Waals surface area contributed by atoms with Crippen molar-refractivity contribution in [2.75, 3.05) is 13.1 Å². The molecule has 7 heteroatoms. The summed E-state index contributed by atoms with van der Waals surface area (Å²) < 4.78 is 0. The van der Waals surface area contributed by atoms with Crippen molar-refractivity contribution in [1.82, 2.24) is 5.32 Å². The van der Waals surface area contributed by atoms with E-state index in [9.17, 15) is 9.59 Å². The Kier molecular flexibility index (Phi) is 5.73. The lowest BCUT2D eigenvalue weighted by Crippen LogP contribution is -2.44. The SMILES string of the molecule is NC(N)=NCCC[C@H](N)C(=O)C(=O)[C@@H]1CCCN1. The average Bonchev–Trinajstić information content (AvgIpc) is 2.86. The molecule has 0 aliphatic carbocycles. The van der Waals surface area contributed by atoms with Crippen LogP contribution < -0.4 is 22.5 Å². The number of guanidine groups is 1. The Bertz CT molecular complexity index is 332. The Labute approximate surface area is 106 Å². The second kappa shape index (κ2) is 7.07. The van der Waals surface area contributed by atoms with Crippen LogP contribution in [0.3, 0.4) is 0 Å². The summed E-state index contributed by atoms with van der Waals surface area (Å²) in [5.74, 6) is -0.887. The fourth-order valence-corrected chi connectivity index (χ4v) is 1.91. The molecule has 1 heterocycles. The van der Waals surface area contributed by atoms with Crippen molar-refractivity contribution in [3.8, 4) is 0 Å².